The molecular weight excluding hydrogens is 596 g/mol. The van der Waals surface area contributed by atoms with Crippen LogP contribution < -0.4 is 21.3 Å². The van der Waals surface area contributed by atoms with Crippen LogP contribution in [-0.2, 0) is 30.4 Å². The summed E-state index contributed by atoms with van der Waals surface area (Å²) in [7, 11) is 3.90. The van der Waals surface area contributed by atoms with Gasteiger partial charge in [0.1, 0.15) is 12.1 Å². The number of unbranched alkanes of at least 4 members (excludes halogenated alkanes) is 2. The van der Waals surface area contributed by atoms with Gasteiger partial charge in [-0.05, 0) is 62.6 Å². The van der Waals surface area contributed by atoms with Crippen molar-refractivity contribution >= 4 is 62.6 Å². The van der Waals surface area contributed by atoms with Gasteiger partial charge in [-0.15, -0.1) is 0 Å². The van der Waals surface area contributed by atoms with Crippen molar-refractivity contribution in [2.75, 3.05) is 18.8 Å². The van der Waals surface area contributed by atoms with Gasteiger partial charge >= 0.3 is 0 Å². The number of nitrogens with one attached hydrogen (secondary N) is 4. The molecule has 0 saturated carbocycles. The molecule has 4 amide bonds. The lowest BCUT2D eigenvalue weighted by Gasteiger charge is -2.25. The summed E-state index contributed by atoms with van der Waals surface area (Å²) in [6.07, 6.45) is 6.43. The Labute approximate surface area is 262 Å². The van der Waals surface area contributed by atoms with E-state index in [1.54, 1.807) is 45.0 Å². The van der Waals surface area contributed by atoms with Gasteiger partial charge in [-0.25, -0.2) is 0 Å². The molecule has 1 aromatic rings. The van der Waals surface area contributed by atoms with E-state index < -0.39 is 29.7 Å². The maximum atomic E-state index is 13.2. The van der Waals surface area contributed by atoms with Crippen LogP contribution in [0, 0.1) is 5.92 Å². The summed E-state index contributed by atoms with van der Waals surface area (Å²) in [6.45, 7) is 6.08. The second-order valence-corrected chi connectivity index (χ2v) is 14.0. The van der Waals surface area contributed by atoms with E-state index in [1.165, 1.54) is 18.6 Å². The van der Waals surface area contributed by atoms with Crippen molar-refractivity contribution in [3.63, 3.8) is 0 Å². The summed E-state index contributed by atoms with van der Waals surface area (Å²) in [6, 6.07) is 4.82. The number of carbonyl (C=O) groups excluding carboxylic acids is 5. The zero-order valence-corrected chi connectivity index (χ0v) is 27.2. The summed E-state index contributed by atoms with van der Waals surface area (Å²) >= 11 is 5.96. The van der Waals surface area contributed by atoms with E-state index in [-0.39, 0.29) is 37.1 Å². The van der Waals surface area contributed by atoms with Crippen molar-refractivity contribution in [2.24, 2.45) is 5.92 Å². The Morgan fingerprint density at radius 2 is 1.62 bits per heavy atom. The zero-order valence-electron chi connectivity index (χ0n) is 24.8. The third kappa shape index (κ3) is 13.8. The number of hydrogen-bond donors (Lipinski definition) is 4. The summed E-state index contributed by atoms with van der Waals surface area (Å²) in [5.74, 6) is -1.35. The summed E-state index contributed by atoms with van der Waals surface area (Å²) in [5.41, 5.74) is 0.724. The third-order valence-corrected chi connectivity index (χ3v) is 10.1. The Morgan fingerprint density at radius 1 is 0.929 bits per heavy atom. The Balaban J connectivity index is 1.78. The Morgan fingerprint density at radius 3 is 2.26 bits per heavy atom. The lowest BCUT2D eigenvalue weighted by Crippen LogP contribution is -2.56. The molecule has 1 saturated heterocycles. The largest absolute Gasteiger partial charge is 0.356 e. The van der Waals surface area contributed by atoms with Crippen LogP contribution in [0.4, 0.5) is 0 Å². The molecule has 1 fully saturated rings. The number of benzene rings is 1. The van der Waals surface area contributed by atoms with Crippen LogP contribution in [0.25, 0.3) is 0 Å². The van der Waals surface area contributed by atoms with Crippen molar-refractivity contribution < 1.29 is 24.0 Å². The lowest BCUT2D eigenvalue weighted by molar-refractivity contribution is -0.140. The van der Waals surface area contributed by atoms with Crippen LogP contribution in [0.3, 0.4) is 0 Å². The SMILES string of the molecule is CCNC(=O)C(=O)[C@H](Cc1ccc(Cl)cc1)NC(=O)[C@@H](NC(=O)CCCCNC(=O)CCCCC1CCSS1)C(C)C. The predicted molar refractivity (Wildman–Crippen MR) is 171 cm³/mol. The molecule has 2 rings (SSSR count). The van der Waals surface area contributed by atoms with Gasteiger partial charge < -0.3 is 21.3 Å². The fraction of sp³-hybridized carbons (Fsp3) is 0.633. The first-order valence-electron chi connectivity index (χ1n) is 14.8. The number of likely N-dealkylation sites (N-methyl/N-ethyl adjacent to an activating group) is 1. The van der Waals surface area contributed by atoms with E-state index in [1.807, 2.05) is 21.6 Å². The first-order valence-corrected chi connectivity index (χ1v) is 17.6. The predicted octanol–water partition coefficient (Wildman–Crippen LogP) is 4.21. The minimum atomic E-state index is -1.10. The van der Waals surface area contributed by atoms with Crippen molar-refractivity contribution in [2.45, 2.75) is 95.9 Å². The van der Waals surface area contributed by atoms with Gasteiger partial charge in [-0.1, -0.05) is 65.6 Å². The fourth-order valence-electron chi connectivity index (χ4n) is 4.46. The number of hydrogen-bond acceptors (Lipinski definition) is 7. The number of Topliss-reactive ketones (excluding diaryl/α,β-unsaturated/α-hetero) is 1. The number of ketones is 1. The molecule has 42 heavy (non-hydrogen) atoms. The minimum Gasteiger partial charge on any atom is -0.356 e. The fourth-order valence-corrected chi connectivity index (χ4v) is 7.62. The van der Waals surface area contributed by atoms with Gasteiger partial charge in [-0.2, -0.15) is 0 Å². The smallest absolute Gasteiger partial charge is 0.289 e. The Bertz CT molecular complexity index is 1040. The molecule has 0 aromatic heterocycles. The molecule has 0 aliphatic carbocycles. The Kier molecular flexibility index (Phi) is 17.0. The molecule has 1 aliphatic heterocycles. The molecule has 0 spiro atoms. The van der Waals surface area contributed by atoms with Crippen LogP contribution in [0.15, 0.2) is 24.3 Å². The molecule has 9 nitrogen and oxygen atoms in total. The van der Waals surface area contributed by atoms with Crippen molar-refractivity contribution in [3.05, 3.63) is 34.9 Å². The van der Waals surface area contributed by atoms with Gasteiger partial charge in [0.15, 0.2) is 0 Å². The minimum absolute atomic E-state index is 0.0414. The van der Waals surface area contributed by atoms with E-state index in [4.69, 9.17) is 11.6 Å². The number of halogens is 1. The first-order chi connectivity index (χ1) is 20.1. The van der Waals surface area contributed by atoms with Gasteiger partial charge in [-0.3, -0.25) is 24.0 Å². The third-order valence-electron chi connectivity index (χ3n) is 6.87. The number of carbonyl (C=O) groups is 5. The summed E-state index contributed by atoms with van der Waals surface area (Å²) in [5, 5.41) is 12.1. The maximum absolute atomic E-state index is 13.2. The van der Waals surface area contributed by atoms with E-state index in [2.05, 4.69) is 21.3 Å². The van der Waals surface area contributed by atoms with Gasteiger partial charge in [0.25, 0.3) is 5.91 Å². The molecule has 1 heterocycles. The number of rotatable bonds is 19. The second kappa shape index (κ2) is 19.9. The van der Waals surface area contributed by atoms with Gasteiger partial charge in [0.05, 0.1) is 0 Å². The molecule has 4 N–H and O–H groups in total. The zero-order chi connectivity index (χ0) is 30.9. The Hall–Kier alpha value is -2.24. The average molecular weight is 641 g/mol. The van der Waals surface area contributed by atoms with Crippen LogP contribution in [0.5, 0.6) is 0 Å². The van der Waals surface area contributed by atoms with Crippen molar-refractivity contribution in [1.29, 1.82) is 0 Å². The molecule has 3 atom stereocenters. The van der Waals surface area contributed by atoms with E-state index >= 15 is 0 Å². The molecule has 1 unspecified atom stereocenters. The van der Waals surface area contributed by atoms with Crippen molar-refractivity contribution in [3.8, 4) is 0 Å². The highest BCUT2D eigenvalue weighted by Crippen LogP contribution is 2.39. The van der Waals surface area contributed by atoms with Gasteiger partial charge in [0.2, 0.25) is 23.5 Å². The van der Waals surface area contributed by atoms with Gasteiger partial charge in [0, 0.05) is 48.4 Å². The normalized spacial score (nSPS) is 16.0. The van der Waals surface area contributed by atoms with Crippen molar-refractivity contribution in [1.82, 2.24) is 21.3 Å². The molecule has 0 bridgehead atoms. The quantitative estimate of drug-likeness (QED) is 0.101. The van der Waals surface area contributed by atoms with Crippen LogP contribution in [0.1, 0.15) is 77.7 Å². The average Bonchev–Trinajstić information content (AvgIpc) is 3.48. The van der Waals surface area contributed by atoms with Crippen LogP contribution >= 0.6 is 33.2 Å². The first kappa shape index (κ1) is 36.0. The maximum Gasteiger partial charge on any atom is 0.289 e. The lowest BCUT2D eigenvalue weighted by atomic mass is 9.99. The van der Waals surface area contributed by atoms with Crippen LogP contribution in [0.2, 0.25) is 5.02 Å². The topological polar surface area (TPSA) is 133 Å². The standard InChI is InChI=1S/C30H45ClN4O5S2/c1-4-32-30(40)28(38)24(19-21-12-14-22(31)15-13-21)34-29(39)27(20(2)3)35-26(37)11-7-8-17-33-25(36)10-6-5-9-23-16-18-41-42-23/h12-15,20,23-24,27H,4-11,16-19H2,1-3H3,(H,32,40)(H,33,36)(H,34,39)(H,35,37)/t23?,24-,27-/m0/s1. The summed E-state index contributed by atoms with van der Waals surface area (Å²) < 4.78 is 0. The highest BCUT2D eigenvalue weighted by Gasteiger charge is 2.31. The summed E-state index contributed by atoms with van der Waals surface area (Å²) in [4.78, 5) is 63.1. The second-order valence-electron chi connectivity index (χ2n) is 10.8. The highest BCUT2D eigenvalue weighted by molar-refractivity contribution is 8.77. The molecule has 1 aliphatic rings. The van der Waals surface area contributed by atoms with E-state index in [0.717, 1.165) is 23.7 Å². The van der Waals surface area contributed by atoms with E-state index in [9.17, 15) is 24.0 Å². The molecule has 0 radical (unpaired) electrons. The van der Waals surface area contributed by atoms with Crippen LogP contribution in [-0.4, -0.2) is 65.6 Å². The monoisotopic (exact) mass is 640 g/mol. The molecule has 12 heteroatoms. The molecule has 234 valence electrons. The molecule has 1 aromatic carbocycles. The number of amides is 4. The van der Waals surface area contributed by atoms with E-state index in [0.29, 0.717) is 30.8 Å². The highest BCUT2D eigenvalue weighted by atomic mass is 35.5. The molecular formula is C30H45ClN4O5S2.